The first kappa shape index (κ1) is 29.3. The topological polar surface area (TPSA) is 134 Å². The summed E-state index contributed by atoms with van der Waals surface area (Å²) >= 11 is 0. The summed E-state index contributed by atoms with van der Waals surface area (Å²) in [6.45, 7) is 9.33. The number of hydrogen-bond acceptors (Lipinski definition) is 6. The highest BCUT2D eigenvalue weighted by molar-refractivity contribution is 5.96. The minimum absolute atomic E-state index is 0.145. The molecular formula is C30H45N3O6. The predicted octanol–water partition coefficient (Wildman–Crippen LogP) is 3.87. The van der Waals surface area contributed by atoms with Gasteiger partial charge in [0, 0.05) is 5.92 Å². The molecule has 0 spiro atoms. The number of allylic oxidation sites excluding steroid dienone is 2. The first-order valence-electron chi connectivity index (χ1n) is 14.6. The number of ketones is 1. The Morgan fingerprint density at radius 2 is 1.79 bits per heavy atom. The van der Waals surface area contributed by atoms with Gasteiger partial charge in [-0.15, -0.1) is 0 Å². The molecule has 0 aromatic rings. The molecule has 4 rings (SSSR count). The second-order valence-corrected chi connectivity index (χ2v) is 13.0. The van der Waals surface area contributed by atoms with Crippen molar-refractivity contribution in [3.8, 4) is 0 Å². The van der Waals surface area contributed by atoms with Crippen LogP contribution in [-0.2, 0) is 24.0 Å². The lowest BCUT2D eigenvalue weighted by atomic mass is 9.46. The summed E-state index contributed by atoms with van der Waals surface area (Å²) in [5.74, 6) is 0.0981. The highest BCUT2D eigenvalue weighted by atomic mass is 16.6. The van der Waals surface area contributed by atoms with Crippen molar-refractivity contribution in [2.75, 3.05) is 13.2 Å². The molecule has 3 fully saturated rings. The maximum absolute atomic E-state index is 12.4. The van der Waals surface area contributed by atoms with Gasteiger partial charge in [-0.3, -0.25) is 14.4 Å². The minimum Gasteiger partial charge on any atom is -0.480 e. The lowest BCUT2D eigenvalue weighted by Gasteiger charge is -2.58. The number of carboxylic acid groups (broad SMARTS) is 1. The number of amides is 2. The van der Waals surface area contributed by atoms with E-state index in [4.69, 9.17) is 4.84 Å². The summed E-state index contributed by atoms with van der Waals surface area (Å²) in [5.41, 5.74) is 2.58. The van der Waals surface area contributed by atoms with Crippen molar-refractivity contribution in [1.29, 1.82) is 0 Å². The van der Waals surface area contributed by atoms with Crippen LogP contribution >= 0.6 is 0 Å². The molecule has 0 saturated heterocycles. The van der Waals surface area contributed by atoms with E-state index in [1.54, 1.807) is 20.8 Å². The van der Waals surface area contributed by atoms with E-state index >= 15 is 0 Å². The van der Waals surface area contributed by atoms with Crippen LogP contribution in [0.3, 0.4) is 0 Å². The lowest BCUT2D eigenvalue weighted by Crippen LogP contribution is -2.51. The van der Waals surface area contributed by atoms with E-state index in [9.17, 15) is 24.3 Å². The Morgan fingerprint density at radius 3 is 2.46 bits per heavy atom. The van der Waals surface area contributed by atoms with Gasteiger partial charge in [-0.05, 0) is 98.9 Å². The second-order valence-electron chi connectivity index (χ2n) is 13.0. The third-order valence-electron chi connectivity index (χ3n) is 10.5. The highest BCUT2D eigenvalue weighted by Gasteiger charge is 2.59. The van der Waals surface area contributed by atoms with E-state index in [0.29, 0.717) is 23.5 Å². The van der Waals surface area contributed by atoms with Crippen LogP contribution in [-0.4, -0.2) is 53.6 Å². The lowest BCUT2D eigenvalue weighted by molar-refractivity contribution is -0.143. The highest BCUT2D eigenvalue weighted by Crippen LogP contribution is 2.66. The summed E-state index contributed by atoms with van der Waals surface area (Å²) in [6.07, 6.45) is 10.7. The van der Waals surface area contributed by atoms with Crippen molar-refractivity contribution >= 4 is 29.3 Å². The number of rotatable bonds is 9. The number of nitrogens with zero attached hydrogens (tertiary/aromatic N) is 1. The van der Waals surface area contributed by atoms with Crippen LogP contribution in [0.25, 0.3) is 0 Å². The zero-order chi connectivity index (χ0) is 28.5. The van der Waals surface area contributed by atoms with Gasteiger partial charge in [0.25, 0.3) is 5.91 Å². The fourth-order valence-corrected chi connectivity index (χ4v) is 8.45. The Balaban J connectivity index is 1.30. The van der Waals surface area contributed by atoms with E-state index < -0.39 is 23.8 Å². The molecule has 0 radical (unpaired) electrons. The third kappa shape index (κ3) is 5.78. The minimum atomic E-state index is -1.11. The van der Waals surface area contributed by atoms with Gasteiger partial charge in [0.1, 0.15) is 11.8 Å². The van der Waals surface area contributed by atoms with Gasteiger partial charge in [-0.25, -0.2) is 4.79 Å². The Labute approximate surface area is 231 Å². The number of carbonyl (C=O) groups excluding carboxylic acids is 3. The van der Waals surface area contributed by atoms with Crippen molar-refractivity contribution in [2.45, 2.75) is 92.0 Å². The van der Waals surface area contributed by atoms with Gasteiger partial charge in [-0.1, -0.05) is 38.4 Å². The van der Waals surface area contributed by atoms with Crippen LogP contribution < -0.4 is 10.6 Å². The van der Waals surface area contributed by atoms with Gasteiger partial charge in [0.05, 0.1) is 12.3 Å². The van der Waals surface area contributed by atoms with E-state index in [-0.39, 0.29) is 35.8 Å². The summed E-state index contributed by atoms with van der Waals surface area (Å²) in [6, 6.07) is -1.01. The first-order valence-corrected chi connectivity index (χ1v) is 14.6. The number of Topliss-reactive ketones (excluding diaryl/α,β-unsaturated/α-hetero) is 1. The number of nitrogens with one attached hydrogen (secondary N) is 2. The van der Waals surface area contributed by atoms with Crippen LogP contribution in [0, 0.1) is 40.4 Å². The zero-order valence-electron chi connectivity index (χ0n) is 24.0. The molecule has 0 unspecified atom stereocenters. The molecule has 9 nitrogen and oxygen atoms in total. The van der Waals surface area contributed by atoms with Gasteiger partial charge in [-0.2, -0.15) is 0 Å². The normalized spacial score (nSPS) is 35.2. The van der Waals surface area contributed by atoms with Crippen LogP contribution in [0.15, 0.2) is 16.8 Å². The Hall–Kier alpha value is -2.71. The Bertz CT molecular complexity index is 1070. The van der Waals surface area contributed by atoms with E-state index in [2.05, 4.69) is 35.7 Å². The van der Waals surface area contributed by atoms with Crippen molar-refractivity contribution in [2.24, 2.45) is 45.6 Å². The molecule has 39 heavy (non-hydrogen) atoms. The van der Waals surface area contributed by atoms with Crippen molar-refractivity contribution in [1.82, 2.24) is 10.6 Å². The average molecular weight is 544 g/mol. The quantitative estimate of drug-likeness (QED) is 0.378. The molecule has 9 heteroatoms. The SMILES string of the molecule is CC(=O)[C@H]1CC[C@H]2[C@@H]3CCC4=CC(=NOCC(=O)NCC(=O)N[C@H](C(=O)O)C(C)C)CC[C@]4(C)[C@H]3CC[C@]12C. The zero-order valence-corrected chi connectivity index (χ0v) is 24.0. The summed E-state index contributed by atoms with van der Waals surface area (Å²) in [5, 5.41) is 18.3. The fourth-order valence-electron chi connectivity index (χ4n) is 8.45. The fraction of sp³-hybridized carbons (Fsp3) is 0.767. The summed E-state index contributed by atoms with van der Waals surface area (Å²) < 4.78 is 0. The maximum Gasteiger partial charge on any atom is 0.326 e. The molecule has 0 heterocycles. The van der Waals surface area contributed by atoms with E-state index in [1.807, 2.05) is 0 Å². The number of oxime groups is 1. The number of aliphatic carboxylic acids is 1. The molecule has 3 saturated carbocycles. The summed E-state index contributed by atoms with van der Waals surface area (Å²) in [4.78, 5) is 53.0. The van der Waals surface area contributed by atoms with Gasteiger partial charge >= 0.3 is 5.97 Å². The number of carbonyl (C=O) groups is 4. The van der Waals surface area contributed by atoms with E-state index in [1.165, 1.54) is 18.4 Å². The van der Waals surface area contributed by atoms with Gasteiger partial charge < -0.3 is 20.6 Å². The third-order valence-corrected chi connectivity index (χ3v) is 10.5. The number of carboxylic acids is 1. The van der Waals surface area contributed by atoms with Crippen LogP contribution in [0.2, 0.25) is 0 Å². The molecule has 216 valence electrons. The van der Waals surface area contributed by atoms with Gasteiger partial charge in [0.15, 0.2) is 6.61 Å². The van der Waals surface area contributed by atoms with Crippen LogP contribution in [0.5, 0.6) is 0 Å². The number of fused-ring (bicyclic) bond motifs is 5. The predicted molar refractivity (Wildman–Crippen MR) is 147 cm³/mol. The Kier molecular flexibility index (Phi) is 8.57. The smallest absolute Gasteiger partial charge is 0.326 e. The maximum atomic E-state index is 12.4. The van der Waals surface area contributed by atoms with Crippen LogP contribution in [0.1, 0.15) is 86.0 Å². The second kappa shape index (κ2) is 11.4. The molecule has 0 aromatic carbocycles. The molecule has 0 bridgehead atoms. The standard InChI is InChI=1S/C30H45N3O6/c1-17(2)27(28(37)38)32-25(35)15-31-26(36)16-39-33-20-10-12-29(4)19(14-20)6-7-21-23-9-8-22(18(3)34)30(23,5)13-11-24(21)29/h14,17,21-24,27H,6-13,15-16H2,1-5H3,(H,31,36)(H,32,35)(H,37,38)/t21-,22+,23-,24-,27-,29-,30+/m0/s1. The molecule has 4 aliphatic carbocycles. The summed E-state index contributed by atoms with van der Waals surface area (Å²) in [7, 11) is 0. The van der Waals surface area contributed by atoms with Crippen molar-refractivity contribution < 1.29 is 29.1 Å². The monoisotopic (exact) mass is 543 g/mol. The van der Waals surface area contributed by atoms with Crippen molar-refractivity contribution in [3.05, 3.63) is 11.6 Å². The molecule has 3 N–H and O–H groups in total. The molecule has 0 aliphatic heterocycles. The average Bonchev–Trinajstić information content (AvgIpc) is 3.23. The largest absolute Gasteiger partial charge is 0.480 e. The number of hydrogen-bond donors (Lipinski definition) is 3. The van der Waals surface area contributed by atoms with E-state index in [0.717, 1.165) is 44.2 Å². The molecular weight excluding hydrogens is 498 g/mol. The van der Waals surface area contributed by atoms with Gasteiger partial charge in [0.2, 0.25) is 5.91 Å². The first-order chi connectivity index (χ1) is 18.4. The molecule has 0 aromatic heterocycles. The molecule has 4 aliphatic rings. The molecule has 7 atom stereocenters. The molecule has 2 amide bonds. The Morgan fingerprint density at radius 1 is 1.05 bits per heavy atom. The van der Waals surface area contributed by atoms with Crippen molar-refractivity contribution in [3.63, 3.8) is 0 Å². The van der Waals surface area contributed by atoms with Crippen LogP contribution in [0.4, 0.5) is 0 Å².